The van der Waals surface area contributed by atoms with Crippen LogP contribution in [0.4, 0.5) is 16.4 Å². The zero-order valence-corrected chi connectivity index (χ0v) is 40.4. The lowest BCUT2D eigenvalue weighted by atomic mass is 10.2. The zero-order chi connectivity index (χ0) is 42.0. The van der Waals surface area contributed by atoms with E-state index in [4.69, 9.17) is 4.74 Å². The number of fused-ring (bicyclic) bond motifs is 2. The summed E-state index contributed by atoms with van der Waals surface area (Å²) in [6, 6.07) is 22.0. The molecular weight excluding hydrogens is 996 g/mol. The molecule has 0 unspecified atom stereocenters. The van der Waals surface area contributed by atoms with Crippen molar-refractivity contribution in [2.24, 2.45) is 0 Å². The fraction of sp³-hybridized carbons (Fsp3) is 0.341. The number of ether oxygens (including phenoxy) is 1. The number of aromatic nitrogens is 2. The Morgan fingerprint density at radius 3 is 1.58 bits per heavy atom. The Morgan fingerprint density at radius 2 is 1.15 bits per heavy atom. The summed E-state index contributed by atoms with van der Waals surface area (Å²) in [5.74, 6) is 1.56. The van der Waals surface area contributed by atoms with Gasteiger partial charge in [0.05, 0.1) is 11.5 Å². The summed E-state index contributed by atoms with van der Waals surface area (Å²) < 4.78 is 61.8. The van der Waals surface area contributed by atoms with E-state index in [1.54, 1.807) is 29.4 Å². The van der Waals surface area contributed by atoms with Gasteiger partial charge in [0.2, 0.25) is 0 Å². The number of thiophene rings is 2. The molecule has 1 N–H and O–H groups in total. The van der Waals surface area contributed by atoms with Gasteiger partial charge < -0.3 is 24.8 Å². The second-order valence-electron chi connectivity index (χ2n) is 15.2. The number of nitrogens with zero attached hydrogens (tertiary/aromatic N) is 5. The van der Waals surface area contributed by atoms with E-state index < -0.39 is 25.3 Å². The largest absolute Gasteiger partial charge is 0.444 e. The van der Waals surface area contributed by atoms with Crippen LogP contribution < -0.4 is 15.1 Å². The molecule has 0 aliphatic carbocycles. The molecule has 2 aromatic carbocycles. The van der Waals surface area contributed by atoms with E-state index in [9.17, 15) is 21.6 Å². The maximum atomic E-state index is 13.1. The number of benzene rings is 2. The minimum absolute atomic E-state index is 0. The third-order valence-electron chi connectivity index (χ3n) is 9.56. The first-order chi connectivity index (χ1) is 28.0. The van der Waals surface area contributed by atoms with Crippen LogP contribution in [-0.2, 0) is 35.9 Å². The van der Waals surface area contributed by atoms with E-state index in [1.807, 2.05) is 81.4 Å². The molecule has 4 aromatic heterocycles. The Bertz CT molecular complexity index is 2690. The number of anilines is 2. The van der Waals surface area contributed by atoms with Crippen LogP contribution in [0.25, 0.3) is 20.2 Å². The van der Waals surface area contributed by atoms with Gasteiger partial charge in [0, 0.05) is 93.9 Å². The fourth-order valence-corrected chi connectivity index (χ4v) is 13.3. The summed E-state index contributed by atoms with van der Waals surface area (Å²) in [6.45, 7) is 11.4. The van der Waals surface area contributed by atoms with Crippen molar-refractivity contribution < 1.29 is 26.4 Å². The summed E-state index contributed by atoms with van der Waals surface area (Å²) in [7, 11) is -6.90. The summed E-state index contributed by atoms with van der Waals surface area (Å²) in [5, 5.41) is 5.07. The first-order valence-electron chi connectivity index (χ1n) is 18.9. The molecule has 0 atom stereocenters. The number of hydrogen-bond acceptors (Lipinski definition) is 13. The number of hydrogen-bond donors (Lipinski definition) is 1. The number of carbonyl (C=O) groups is 1. The third kappa shape index (κ3) is 11.4. The molecule has 0 spiro atoms. The summed E-state index contributed by atoms with van der Waals surface area (Å²) in [4.78, 5) is 27.4. The molecule has 320 valence electrons. The van der Waals surface area contributed by atoms with Gasteiger partial charge in [-0.1, -0.05) is 56.1 Å². The maximum Gasteiger partial charge on any atom is 0.410 e. The van der Waals surface area contributed by atoms with Crippen molar-refractivity contribution in [1.82, 2.24) is 20.2 Å². The molecular formula is C41H45Br2ClN6O6S4. The third-order valence-corrected chi connectivity index (χ3v) is 17.2. The van der Waals surface area contributed by atoms with Crippen LogP contribution in [0.5, 0.6) is 0 Å². The summed E-state index contributed by atoms with van der Waals surface area (Å²) in [6.07, 6.45) is 3.16. The molecule has 19 heteroatoms. The first-order valence-corrected chi connectivity index (χ1v) is 25.5. The lowest BCUT2D eigenvalue weighted by Crippen LogP contribution is -2.50. The molecule has 0 radical (unpaired) electrons. The van der Waals surface area contributed by atoms with Gasteiger partial charge in [-0.3, -0.25) is 0 Å². The van der Waals surface area contributed by atoms with E-state index in [0.29, 0.717) is 34.6 Å². The van der Waals surface area contributed by atoms with Crippen LogP contribution >= 0.6 is 66.9 Å². The van der Waals surface area contributed by atoms with Crippen LogP contribution in [-0.4, -0.2) is 95.8 Å². The van der Waals surface area contributed by atoms with Crippen molar-refractivity contribution in [3.05, 3.63) is 105 Å². The minimum Gasteiger partial charge on any atom is -0.444 e. The molecule has 2 aliphatic rings. The molecule has 12 nitrogen and oxygen atoms in total. The van der Waals surface area contributed by atoms with Gasteiger partial charge in [-0.2, -0.15) is 0 Å². The number of rotatable bonds is 8. The smallest absolute Gasteiger partial charge is 0.410 e. The minimum atomic E-state index is -3.49. The number of pyridine rings is 2. The molecule has 2 saturated heterocycles. The van der Waals surface area contributed by atoms with Crippen LogP contribution in [0.2, 0.25) is 0 Å². The van der Waals surface area contributed by atoms with E-state index in [0.717, 1.165) is 78.1 Å². The molecule has 0 bridgehead atoms. The summed E-state index contributed by atoms with van der Waals surface area (Å²) >= 11 is 9.38. The number of sulfone groups is 2. The number of piperazine rings is 2. The quantitative estimate of drug-likeness (QED) is 0.156. The Morgan fingerprint density at radius 1 is 0.700 bits per heavy atom. The highest BCUT2D eigenvalue weighted by Gasteiger charge is 2.28. The normalized spacial score (nSPS) is 15.1. The van der Waals surface area contributed by atoms with Crippen LogP contribution in [0.1, 0.15) is 31.9 Å². The predicted octanol–water partition coefficient (Wildman–Crippen LogP) is 8.95. The van der Waals surface area contributed by atoms with Gasteiger partial charge in [-0.25, -0.2) is 31.6 Å². The Balaban J connectivity index is 0.000000203. The van der Waals surface area contributed by atoms with Crippen molar-refractivity contribution in [3.8, 4) is 0 Å². The van der Waals surface area contributed by atoms with Crippen LogP contribution in [0.3, 0.4) is 0 Å². The SMILES string of the molecule is CC(C)(C)OC(=O)N1CCN(c2nccc3sc(S(=O)(=O)Cc4cccc(Br)c4)cc23)CC1.Cl.O=S(=O)(Cc1cccc(Br)c1)c1cc2c(N3CCNCC3)nccc2s1. The van der Waals surface area contributed by atoms with Gasteiger partial charge in [-0.05, 0) is 80.4 Å². The molecule has 60 heavy (non-hydrogen) atoms. The van der Waals surface area contributed by atoms with Crippen molar-refractivity contribution in [2.75, 3.05) is 62.2 Å². The van der Waals surface area contributed by atoms with Gasteiger partial charge in [0.25, 0.3) is 0 Å². The number of halogens is 3. The van der Waals surface area contributed by atoms with Crippen molar-refractivity contribution in [1.29, 1.82) is 0 Å². The molecule has 2 fully saturated rings. The number of carbonyl (C=O) groups excluding carboxylic acids is 1. The second-order valence-corrected chi connectivity index (χ2v) is 23.6. The van der Waals surface area contributed by atoms with E-state index in [1.165, 1.54) is 22.7 Å². The Hall–Kier alpha value is -3.36. The fourth-order valence-electron chi connectivity index (χ4n) is 6.80. The van der Waals surface area contributed by atoms with Crippen molar-refractivity contribution in [3.63, 3.8) is 0 Å². The lowest BCUT2D eigenvalue weighted by Gasteiger charge is -2.36. The van der Waals surface area contributed by atoms with E-state index >= 15 is 0 Å². The molecule has 0 saturated carbocycles. The van der Waals surface area contributed by atoms with E-state index in [-0.39, 0.29) is 30.0 Å². The van der Waals surface area contributed by atoms with Crippen LogP contribution in [0.15, 0.2) is 103 Å². The number of amides is 1. The van der Waals surface area contributed by atoms with E-state index in [2.05, 4.69) is 56.9 Å². The summed E-state index contributed by atoms with van der Waals surface area (Å²) in [5.41, 5.74) is 0.978. The average molecular weight is 1040 g/mol. The highest BCUT2D eigenvalue weighted by molar-refractivity contribution is 9.10. The highest BCUT2D eigenvalue weighted by Crippen LogP contribution is 2.37. The molecule has 2 aliphatic heterocycles. The second kappa shape index (κ2) is 19.4. The van der Waals surface area contributed by atoms with Gasteiger partial charge in [0.1, 0.15) is 25.7 Å². The molecule has 1 amide bonds. The van der Waals surface area contributed by atoms with Crippen molar-refractivity contribution in [2.45, 2.75) is 46.3 Å². The average Bonchev–Trinajstić information content (AvgIpc) is 3.84. The maximum absolute atomic E-state index is 13.1. The molecule has 8 rings (SSSR count). The van der Waals surface area contributed by atoms with Gasteiger partial charge in [-0.15, -0.1) is 35.1 Å². The zero-order valence-electron chi connectivity index (χ0n) is 33.1. The van der Waals surface area contributed by atoms with Gasteiger partial charge in [0.15, 0.2) is 19.7 Å². The topological polar surface area (TPSA) is 142 Å². The van der Waals surface area contributed by atoms with Crippen LogP contribution in [0, 0.1) is 0 Å². The number of nitrogens with one attached hydrogen (secondary N) is 1. The first kappa shape index (κ1) is 46.2. The van der Waals surface area contributed by atoms with Crippen molar-refractivity contribution >= 4 is 125 Å². The molecule has 6 aromatic rings. The predicted molar refractivity (Wildman–Crippen MR) is 252 cm³/mol. The Labute approximate surface area is 381 Å². The lowest BCUT2D eigenvalue weighted by molar-refractivity contribution is 0.0240. The van der Waals surface area contributed by atoms with Gasteiger partial charge >= 0.3 is 6.09 Å². The Kier molecular flexibility index (Phi) is 14.9. The monoisotopic (exact) mass is 1040 g/mol. The highest BCUT2D eigenvalue weighted by atomic mass is 79.9. The molecule has 6 heterocycles. The standard InChI is InChI=1S/C23H26BrN3O4S2.C18H18BrN3O2S2.ClH/c1-23(2,3)31-22(28)27-11-9-26(10-12-27)21-18-14-20(32-19(18)7-8-25-21)33(29,30)15-16-5-4-6-17(24)13-16;19-14-3-1-2-13(10-14)12-26(23,24)17-11-15-16(25-17)4-5-21-18(15)22-8-6-20-7-9-22;/h4-8,13-14H,9-12,15H2,1-3H3;1-5,10-11,20H,6-9,12H2;1H.